The van der Waals surface area contributed by atoms with Crippen LogP contribution in [-0.2, 0) is 0 Å². The van der Waals surface area contributed by atoms with Crippen molar-refractivity contribution in [2.24, 2.45) is 0 Å². The predicted molar refractivity (Wildman–Crippen MR) is 103 cm³/mol. The van der Waals surface area contributed by atoms with Crippen molar-refractivity contribution in [3.05, 3.63) is 27.3 Å². The molecule has 0 spiro atoms. The van der Waals surface area contributed by atoms with Crippen LogP contribution >= 0.6 is 11.3 Å². The fourth-order valence-electron chi connectivity index (χ4n) is 2.57. The molecule has 1 saturated heterocycles. The molecule has 2 aromatic heterocycles. The van der Waals surface area contributed by atoms with Crippen LogP contribution in [0.3, 0.4) is 0 Å². The molecule has 1 atom stereocenters. The summed E-state index contributed by atoms with van der Waals surface area (Å²) >= 11 is 0.170. The van der Waals surface area contributed by atoms with Gasteiger partial charge in [0.2, 0.25) is 0 Å². The molecule has 1 amide bonds. The zero-order chi connectivity index (χ0) is 31.7. The van der Waals surface area contributed by atoms with Gasteiger partial charge in [-0.15, -0.1) is 11.3 Å². The van der Waals surface area contributed by atoms with E-state index >= 15 is 0 Å². The number of amides is 1. The number of carbonyl (C=O) groups is 1. The summed E-state index contributed by atoms with van der Waals surface area (Å²) in [5.41, 5.74) is -3.52. The summed E-state index contributed by atoms with van der Waals surface area (Å²) in [6.45, 7) is -11.8. The molecule has 2 aromatic rings. The second kappa shape index (κ2) is 10.5. The van der Waals surface area contributed by atoms with Crippen LogP contribution in [0.1, 0.15) is 74.9 Å². The van der Waals surface area contributed by atoms with Gasteiger partial charge in [0.05, 0.1) is 9.68 Å². The number of thiophene rings is 1. The first-order chi connectivity index (χ1) is 18.4. The number of likely N-dealkylation sites (tertiary alicyclic amines) is 1. The van der Waals surface area contributed by atoms with Crippen LogP contribution in [0, 0.1) is 0 Å². The summed E-state index contributed by atoms with van der Waals surface area (Å²) in [6, 6.07) is -4.72. The number of hydrogen-bond donors (Lipinski definition) is 1. The molecule has 27 heavy (non-hydrogen) atoms. The molecule has 1 aliphatic rings. The number of hydrogen-bond acceptors (Lipinski definition) is 5. The van der Waals surface area contributed by atoms with Crippen molar-refractivity contribution < 1.29 is 81.9 Å². The number of carbonyl (C=O) groups excluding carboxylic acids is 1. The van der Waals surface area contributed by atoms with E-state index in [0.717, 1.165) is 0 Å². The Labute approximate surface area is 227 Å². The second-order valence-corrected chi connectivity index (χ2v) is 6.25. The van der Waals surface area contributed by atoms with E-state index in [-0.39, 0.29) is 93.2 Å². The largest absolute Gasteiger partial charge is 1.00 e. The Morgan fingerprint density at radius 1 is 1.59 bits per heavy atom. The smallest absolute Gasteiger partial charge is 0.871 e. The Morgan fingerprint density at radius 3 is 3.04 bits per heavy atom. The van der Waals surface area contributed by atoms with Crippen LogP contribution in [0.5, 0.6) is 5.75 Å². The van der Waals surface area contributed by atoms with Gasteiger partial charge in [0, 0.05) is 33.0 Å². The minimum absolute atomic E-state index is 0. The number of pyridine rings is 1. The van der Waals surface area contributed by atoms with E-state index in [2.05, 4.69) is 0 Å². The van der Waals surface area contributed by atoms with E-state index in [1.54, 1.807) is 0 Å². The Kier molecular flexibility index (Phi) is 3.79. The second-order valence-electron chi connectivity index (χ2n) is 5.45. The third-order valence-corrected chi connectivity index (χ3v) is 4.61. The Hall–Kier alpha value is -0.224. The van der Waals surface area contributed by atoms with Crippen molar-refractivity contribution in [1.82, 2.24) is 14.8 Å². The molecule has 0 saturated carbocycles. The number of aromatic nitrogens is 1. The minimum Gasteiger partial charge on any atom is -0.871 e. The van der Waals surface area contributed by atoms with Gasteiger partial charge in [0.25, 0.3) is 11.5 Å². The molecule has 1 aliphatic heterocycles. The van der Waals surface area contributed by atoms with E-state index in [9.17, 15) is 14.7 Å². The molecular formula is C19H26KN3O3S. The van der Waals surface area contributed by atoms with Crippen molar-refractivity contribution in [2.45, 2.75) is 45.4 Å². The van der Waals surface area contributed by atoms with E-state index in [1.165, 1.54) is 4.90 Å². The third-order valence-electron chi connectivity index (χ3n) is 3.82. The van der Waals surface area contributed by atoms with Crippen LogP contribution in [0.2, 0.25) is 1.41 Å². The summed E-state index contributed by atoms with van der Waals surface area (Å²) in [5, 5.41) is 11.2. The monoisotopic (exact) mass is 430 g/mol. The topological polar surface area (TPSA) is 77.4 Å². The Bertz CT molecular complexity index is 1380. The average molecular weight is 431 g/mol. The van der Waals surface area contributed by atoms with E-state index < -0.39 is 95.2 Å². The van der Waals surface area contributed by atoms with Crippen molar-refractivity contribution >= 4 is 27.5 Å². The maximum absolute atomic E-state index is 13.6. The van der Waals surface area contributed by atoms with Crippen molar-refractivity contribution in [1.29, 1.82) is 0 Å². The fraction of sp³-hybridized carbons (Fsp3) is 0.579. The first-order valence-corrected chi connectivity index (χ1v) is 8.56. The summed E-state index contributed by atoms with van der Waals surface area (Å²) in [5.74, 6) is -3.50. The average Bonchev–Trinajstić information content (AvgIpc) is 3.10. The summed E-state index contributed by atoms with van der Waals surface area (Å²) in [4.78, 5) is 27.5. The zero-order valence-corrected chi connectivity index (χ0v) is 18.5. The van der Waals surface area contributed by atoms with E-state index in [0.29, 0.717) is 0 Å². The molecule has 6 nitrogen and oxygen atoms in total. The Balaban J connectivity index is 0.00000616. The van der Waals surface area contributed by atoms with Gasteiger partial charge in [-0.25, -0.2) is 0 Å². The van der Waals surface area contributed by atoms with Crippen LogP contribution < -0.4 is 67.4 Å². The van der Waals surface area contributed by atoms with Crippen LogP contribution in [0.15, 0.2) is 16.2 Å². The van der Waals surface area contributed by atoms with Gasteiger partial charge in [-0.05, 0) is 64.0 Å². The number of piperidine rings is 1. The first-order valence-electron chi connectivity index (χ1n) is 15.3. The molecule has 1 unspecified atom stereocenters. The predicted octanol–water partition coefficient (Wildman–Crippen LogP) is -0.673. The molecule has 0 radical (unpaired) electrons. The van der Waals surface area contributed by atoms with Gasteiger partial charge >= 0.3 is 51.4 Å². The molecule has 1 fully saturated rings. The molecule has 1 N–H and O–H groups in total. The van der Waals surface area contributed by atoms with Gasteiger partial charge in [-0.1, -0.05) is 12.1 Å². The summed E-state index contributed by atoms with van der Waals surface area (Å²) in [7, 11) is 0. The van der Waals surface area contributed by atoms with Gasteiger partial charge in [0.15, 0.2) is 1.41 Å². The SMILES string of the molecule is [2H]c1sc2c(c1[2H])c([O-])c(C(=O)N([2H])C([2H])([2H])CC([2H])N1CCC([2H])([2H])CC1)c(=O)n2C([2H])(C([2H])([2H])[2H])C([2H])([2H])[2H].[K+]. The normalized spacial score (nSPS) is 28.1. The standard InChI is InChI=1S/C19H27N3O3S.K/c1-13(2)22-18(25)15(16(23)14-7-12-26-19(14)22)17(24)20-8-6-11-21-9-4-3-5-10-21;/h7,12-13,23H,3-6,8-11H2,1-2H3,(H,20,24);/q;+1/p-1/i1D3,2D3,3D2,7D,8D2,11D,12D,13D;/hD. The van der Waals surface area contributed by atoms with E-state index in [4.69, 9.17) is 20.6 Å². The van der Waals surface area contributed by atoms with Crippen LogP contribution in [0.25, 0.3) is 10.2 Å². The van der Waals surface area contributed by atoms with Crippen molar-refractivity contribution in [3.8, 4) is 5.75 Å². The van der Waals surface area contributed by atoms with Crippen LogP contribution in [-0.4, -0.2) is 41.5 Å². The molecular weight excluding hydrogens is 389 g/mol. The molecule has 0 bridgehead atoms. The molecule has 0 aliphatic carbocycles. The van der Waals surface area contributed by atoms with Gasteiger partial charge in [-0.3, -0.25) is 14.2 Å². The molecule has 0 aromatic carbocycles. The molecule has 3 rings (SSSR count). The van der Waals surface area contributed by atoms with Crippen molar-refractivity contribution in [2.75, 3.05) is 26.1 Å². The van der Waals surface area contributed by atoms with Gasteiger partial charge < -0.3 is 15.3 Å². The fourth-order valence-corrected chi connectivity index (χ4v) is 3.33. The number of rotatable bonds is 6. The summed E-state index contributed by atoms with van der Waals surface area (Å²) in [6.07, 6.45) is -2.20. The number of nitrogens with zero attached hydrogens (tertiary/aromatic N) is 2. The number of nitrogens with one attached hydrogen (secondary N) is 1. The van der Waals surface area contributed by atoms with Gasteiger partial charge in [0.1, 0.15) is 4.83 Å². The first kappa shape index (κ1) is 9.72. The molecule has 8 heteroatoms. The zero-order valence-electron chi connectivity index (χ0n) is 29.6. The quantitative estimate of drug-likeness (QED) is 0.617. The summed E-state index contributed by atoms with van der Waals surface area (Å²) < 4.78 is 119. The maximum atomic E-state index is 13.6. The van der Waals surface area contributed by atoms with Crippen LogP contribution in [0.4, 0.5) is 0 Å². The number of fused-ring (bicyclic) bond motifs is 1. The van der Waals surface area contributed by atoms with Crippen molar-refractivity contribution in [3.63, 3.8) is 0 Å². The van der Waals surface area contributed by atoms with Gasteiger partial charge in [-0.2, -0.15) is 0 Å². The molecule has 3 heterocycles. The minimum atomic E-state index is -3.82. The third kappa shape index (κ3) is 5.23. The maximum Gasteiger partial charge on any atom is 1.00 e. The Morgan fingerprint density at radius 2 is 2.33 bits per heavy atom. The van der Waals surface area contributed by atoms with E-state index in [1.807, 2.05) is 0 Å². The molecule has 142 valence electrons.